The van der Waals surface area contributed by atoms with Gasteiger partial charge in [0.1, 0.15) is 16.7 Å². The second kappa shape index (κ2) is 4.90. The molecule has 0 amide bonds. The second-order valence-electron chi connectivity index (χ2n) is 3.44. The molecule has 0 radical (unpaired) electrons. The standard InChI is InChI=1S/C12H10Cl2N2O/c1-7-15-9(6-11(13)16-7)8-4-3-5-10(17-2)12(8)14/h3-6H,1-2H3. The lowest BCUT2D eigenvalue weighted by molar-refractivity contribution is 0.415. The number of rotatable bonds is 2. The predicted molar refractivity (Wildman–Crippen MR) is 68.8 cm³/mol. The molecule has 0 aliphatic rings. The molecular weight excluding hydrogens is 259 g/mol. The zero-order valence-electron chi connectivity index (χ0n) is 9.37. The molecule has 1 aromatic heterocycles. The third-order valence-electron chi connectivity index (χ3n) is 2.27. The topological polar surface area (TPSA) is 35.0 Å². The van der Waals surface area contributed by atoms with Crippen molar-refractivity contribution in [2.24, 2.45) is 0 Å². The molecule has 0 aliphatic heterocycles. The van der Waals surface area contributed by atoms with E-state index >= 15 is 0 Å². The summed E-state index contributed by atoms with van der Waals surface area (Å²) < 4.78 is 5.16. The van der Waals surface area contributed by atoms with Crippen LogP contribution in [0.15, 0.2) is 24.3 Å². The molecule has 17 heavy (non-hydrogen) atoms. The van der Waals surface area contributed by atoms with Gasteiger partial charge in [0.05, 0.1) is 17.8 Å². The molecule has 0 atom stereocenters. The van der Waals surface area contributed by atoms with Crippen LogP contribution in [0.2, 0.25) is 10.2 Å². The van der Waals surface area contributed by atoms with E-state index in [1.807, 2.05) is 12.1 Å². The van der Waals surface area contributed by atoms with Crippen molar-refractivity contribution in [1.29, 1.82) is 0 Å². The van der Waals surface area contributed by atoms with Gasteiger partial charge in [-0.2, -0.15) is 0 Å². The smallest absolute Gasteiger partial charge is 0.138 e. The Morgan fingerprint density at radius 3 is 2.59 bits per heavy atom. The molecule has 0 N–H and O–H groups in total. The van der Waals surface area contributed by atoms with E-state index < -0.39 is 0 Å². The van der Waals surface area contributed by atoms with E-state index in [4.69, 9.17) is 27.9 Å². The van der Waals surface area contributed by atoms with Crippen LogP contribution in [0, 0.1) is 6.92 Å². The fourth-order valence-electron chi connectivity index (χ4n) is 1.54. The van der Waals surface area contributed by atoms with Crippen LogP contribution >= 0.6 is 23.2 Å². The zero-order chi connectivity index (χ0) is 12.4. The van der Waals surface area contributed by atoms with E-state index in [0.29, 0.717) is 27.4 Å². The fourth-order valence-corrected chi connectivity index (χ4v) is 2.06. The maximum atomic E-state index is 6.22. The normalized spacial score (nSPS) is 10.4. The van der Waals surface area contributed by atoms with E-state index in [2.05, 4.69) is 9.97 Å². The summed E-state index contributed by atoms with van der Waals surface area (Å²) in [6.45, 7) is 1.78. The number of nitrogens with zero attached hydrogens (tertiary/aromatic N) is 2. The Bertz CT molecular complexity index is 538. The predicted octanol–water partition coefficient (Wildman–Crippen LogP) is 3.77. The number of hydrogen-bond acceptors (Lipinski definition) is 3. The van der Waals surface area contributed by atoms with Crippen molar-refractivity contribution in [1.82, 2.24) is 9.97 Å². The maximum absolute atomic E-state index is 6.22. The van der Waals surface area contributed by atoms with Gasteiger partial charge in [-0.25, -0.2) is 9.97 Å². The Hall–Kier alpha value is -1.32. The van der Waals surface area contributed by atoms with E-state index in [-0.39, 0.29) is 0 Å². The zero-order valence-corrected chi connectivity index (χ0v) is 10.9. The van der Waals surface area contributed by atoms with Gasteiger partial charge in [0.25, 0.3) is 0 Å². The molecule has 0 fully saturated rings. The highest BCUT2D eigenvalue weighted by atomic mass is 35.5. The summed E-state index contributed by atoms with van der Waals surface area (Å²) in [5.41, 5.74) is 1.46. The molecular formula is C12H10Cl2N2O. The lowest BCUT2D eigenvalue weighted by atomic mass is 10.1. The number of ether oxygens (including phenoxy) is 1. The molecule has 0 saturated carbocycles. The van der Waals surface area contributed by atoms with Gasteiger partial charge in [0.2, 0.25) is 0 Å². The summed E-state index contributed by atoms with van der Waals surface area (Å²) in [6.07, 6.45) is 0. The van der Waals surface area contributed by atoms with Crippen LogP contribution in [0.25, 0.3) is 11.3 Å². The molecule has 5 heteroatoms. The first kappa shape index (κ1) is 12.1. The Labute approximate surface area is 109 Å². The van der Waals surface area contributed by atoms with Crippen LogP contribution < -0.4 is 4.74 Å². The van der Waals surface area contributed by atoms with Crippen LogP contribution in [-0.2, 0) is 0 Å². The third kappa shape index (κ3) is 2.51. The average Bonchev–Trinajstić information content (AvgIpc) is 2.28. The van der Waals surface area contributed by atoms with Crippen molar-refractivity contribution in [3.8, 4) is 17.0 Å². The third-order valence-corrected chi connectivity index (χ3v) is 2.85. The van der Waals surface area contributed by atoms with Crippen molar-refractivity contribution in [2.75, 3.05) is 7.11 Å². The molecule has 1 aromatic carbocycles. The summed E-state index contributed by atoms with van der Waals surface area (Å²) in [5.74, 6) is 1.21. The first-order valence-corrected chi connectivity index (χ1v) is 5.71. The van der Waals surface area contributed by atoms with Crippen molar-refractivity contribution < 1.29 is 4.74 Å². The van der Waals surface area contributed by atoms with E-state index in [0.717, 1.165) is 5.56 Å². The first-order chi connectivity index (χ1) is 8.11. The summed E-state index contributed by atoms with van der Waals surface area (Å²) in [4.78, 5) is 8.32. The van der Waals surface area contributed by atoms with Gasteiger partial charge in [-0.1, -0.05) is 35.3 Å². The van der Waals surface area contributed by atoms with E-state index in [1.165, 1.54) is 0 Å². The van der Waals surface area contributed by atoms with Gasteiger partial charge >= 0.3 is 0 Å². The van der Waals surface area contributed by atoms with Crippen molar-refractivity contribution in [3.05, 3.63) is 40.3 Å². The number of aromatic nitrogens is 2. The van der Waals surface area contributed by atoms with Gasteiger partial charge in [0.15, 0.2) is 0 Å². The summed E-state index contributed by atoms with van der Waals surface area (Å²) in [7, 11) is 1.57. The summed E-state index contributed by atoms with van der Waals surface area (Å²) in [5, 5.41) is 0.913. The highest BCUT2D eigenvalue weighted by Gasteiger charge is 2.11. The summed E-state index contributed by atoms with van der Waals surface area (Å²) in [6, 6.07) is 7.19. The average molecular weight is 269 g/mol. The molecule has 2 rings (SSSR count). The van der Waals surface area contributed by atoms with Gasteiger partial charge in [-0.15, -0.1) is 0 Å². The largest absolute Gasteiger partial charge is 0.495 e. The van der Waals surface area contributed by atoms with E-state index in [9.17, 15) is 0 Å². The SMILES string of the molecule is COc1cccc(-c2cc(Cl)nc(C)n2)c1Cl. The lowest BCUT2D eigenvalue weighted by Crippen LogP contribution is -1.93. The van der Waals surface area contributed by atoms with Crippen LogP contribution in [-0.4, -0.2) is 17.1 Å². The van der Waals surface area contributed by atoms with Crippen molar-refractivity contribution in [2.45, 2.75) is 6.92 Å². The number of aryl methyl sites for hydroxylation is 1. The highest BCUT2D eigenvalue weighted by molar-refractivity contribution is 6.35. The molecule has 1 heterocycles. The molecule has 0 spiro atoms. The quantitative estimate of drug-likeness (QED) is 0.778. The molecule has 88 valence electrons. The highest BCUT2D eigenvalue weighted by Crippen LogP contribution is 2.34. The molecule has 0 bridgehead atoms. The molecule has 0 saturated heterocycles. The van der Waals surface area contributed by atoms with E-state index in [1.54, 1.807) is 26.2 Å². The summed E-state index contributed by atoms with van der Waals surface area (Å²) >= 11 is 12.1. The Kier molecular flexibility index (Phi) is 3.50. The maximum Gasteiger partial charge on any atom is 0.138 e. The molecule has 0 aliphatic carbocycles. The lowest BCUT2D eigenvalue weighted by Gasteiger charge is -2.08. The number of halogens is 2. The Morgan fingerprint density at radius 1 is 1.18 bits per heavy atom. The number of hydrogen-bond donors (Lipinski definition) is 0. The number of methoxy groups -OCH3 is 1. The minimum atomic E-state index is 0.395. The molecule has 3 nitrogen and oxygen atoms in total. The Balaban J connectivity index is 2.60. The molecule has 2 aromatic rings. The minimum absolute atomic E-state index is 0.395. The van der Waals surface area contributed by atoms with Crippen molar-refractivity contribution in [3.63, 3.8) is 0 Å². The van der Waals surface area contributed by atoms with Crippen LogP contribution in [0.1, 0.15) is 5.82 Å². The Morgan fingerprint density at radius 2 is 1.94 bits per heavy atom. The second-order valence-corrected chi connectivity index (χ2v) is 4.21. The van der Waals surface area contributed by atoms with Gasteiger partial charge in [-0.3, -0.25) is 0 Å². The molecule has 0 unspecified atom stereocenters. The number of benzene rings is 1. The first-order valence-electron chi connectivity index (χ1n) is 4.96. The monoisotopic (exact) mass is 268 g/mol. The fraction of sp³-hybridized carbons (Fsp3) is 0.167. The van der Waals surface area contributed by atoms with Crippen molar-refractivity contribution >= 4 is 23.2 Å². The van der Waals surface area contributed by atoms with Gasteiger partial charge in [0, 0.05) is 11.6 Å². The van der Waals surface area contributed by atoms with Crippen LogP contribution in [0.5, 0.6) is 5.75 Å². The minimum Gasteiger partial charge on any atom is -0.495 e. The van der Waals surface area contributed by atoms with Gasteiger partial charge in [-0.05, 0) is 13.0 Å². The van der Waals surface area contributed by atoms with Gasteiger partial charge < -0.3 is 4.74 Å². The van der Waals surface area contributed by atoms with Crippen LogP contribution in [0.4, 0.5) is 0 Å². The van der Waals surface area contributed by atoms with Crippen LogP contribution in [0.3, 0.4) is 0 Å².